The maximum absolute atomic E-state index is 12.8. The van der Waals surface area contributed by atoms with Crippen LogP contribution in [0.4, 0.5) is 10.2 Å². The normalized spacial score (nSPS) is 20.7. The zero-order valence-electron chi connectivity index (χ0n) is 12.7. The summed E-state index contributed by atoms with van der Waals surface area (Å²) >= 11 is 0. The van der Waals surface area contributed by atoms with E-state index in [-0.39, 0.29) is 17.6 Å². The third-order valence-corrected chi connectivity index (χ3v) is 4.04. The second-order valence-corrected chi connectivity index (χ2v) is 5.74. The van der Waals surface area contributed by atoms with Gasteiger partial charge in [-0.2, -0.15) is 0 Å². The molecular formula is C17H19FN4O. The van der Waals surface area contributed by atoms with E-state index in [4.69, 9.17) is 0 Å². The summed E-state index contributed by atoms with van der Waals surface area (Å²) in [4.78, 5) is 20.1. The average molecular weight is 314 g/mol. The molecule has 1 amide bonds. The van der Waals surface area contributed by atoms with Crippen LogP contribution in [-0.4, -0.2) is 28.0 Å². The van der Waals surface area contributed by atoms with E-state index in [1.165, 1.54) is 12.1 Å². The fourth-order valence-electron chi connectivity index (χ4n) is 2.81. The first-order valence-corrected chi connectivity index (χ1v) is 7.81. The summed E-state index contributed by atoms with van der Waals surface area (Å²) in [6.45, 7) is 0. The van der Waals surface area contributed by atoms with Gasteiger partial charge in [0.2, 0.25) is 0 Å². The molecule has 3 rings (SSSR count). The molecule has 2 N–H and O–H groups in total. The van der Waals surface area contributed by atoms with E-state index < -0.39 is 5.82 Å². The van der Waals surface area contributed by atoms with E-state index >= 15 is 0 Å². The molecule has 0 saturated heterocycles. The summed E-state index contributed by atoms with van der Waals surface area (Å²) in [5, 5.41) is 6.39. The van der Waals surface area contributed by atoms with Gasteiger partial charge in [-0.05, 0) is 49.9 Å². The largest absolute Gasteiger partial charge is 0.367 e. The van der Waals surface area contributed by atoms with Crippen molar-refractivity contribution in [3.63, 3.8) is 0 Å². The number of hydrogen-bond donors (Lipinski definition) is 2. The Kier molecular flexibility index (Phi) is 4.80. The number of hydrogen-bond acceptors (Lipinski definition) is 4. The molecule has 0 spiro atoms. The van der Waals surface area contributed by atoms with E-state index in [0.29, 0.717) is 6.04 Å². The first-order valence-electron chi connectivity index (χ1n) is 7.81. The van der Waals surface area contributed by atoms with Crippen LogP contribution in [0.5, 0.6) is 0 Å². The maximum atomic E-state index is 12.8. The Labute approximate surface area is 134 Å². The third kappa shape index (κ3) is 4.25. The van der Waals surface area contributed by atoms with Gasteiger partial charge in [0, 0.05) is 18.3 Å². The SMILES string of the molecule is O=C(NC1CCC(Nc2ccccn2)CC1)c1ccc(F)cn1. The van der Waals surface area contributed by atoms with Crippen molar-refractivity contribution in [2.45, 2.75) is 37.8 Å². The van der Waals surface area contributed by atoms with E-state index in [9.17, 15) is 9.18 Å². The number of carbonyl (C=O) groups is 1. The lowest BCUT2D eigenvalue weighted by Gasteiger charge is -2.29. The number of nitrogens with one attached hydrogen (secondary N) is 2. The molecular weight excluding hydrogens is 295 g/mol. The highest BCUT2D eigenvalue weighted by Gasteiger charge is 2.23. The van der Waals surface area contributed by atoms with Crippen LogP contribution in [0.15, 0.2) is 42.7 Å². The molecule has 0 radical (unpaired) electrons. The number of amides is 1. The Hall–Kier alpha value is -2.50. The van der Waals surface area contributed by atoms with Gasteiger partial charge in [-0.1, -0.05) is 6.07 Å². The summed E-state index contributed by atoms with van der Waals surface area (Å²) in [5.41, 5.74) is 0.250. The maximum Gasteiger partial charge on any atom is 0.270 e. The van der Waals surface area contributed by atoms with Crippen molar-refractivity contribution >= 4 is 11.7 Å². The van der Waals surface area contributed by atoms with Crippen molar-refractivity contribution in [2.75, 3.05) is 5.32 Å². The molecule has 5 nitrogen and oxygen atoms in total. The van der Waals surface area contributed by atoms with E-state index in [1.807, 2.05) is 18.2 Å². The van der Waals surface area contributed by atoms with Gasteiger partial charge in [-0.25, -0.2) is 14.4 Å². The fraction of sp³-hybridized carbons (Fsp3) is 0.353. The van der Waals surface area contributed by atoms with Gasteiger partial charge >= 0.3 is 0 Å². The molecule has 0 aliphatic heterocycles. The Morgan fingerprint density at radius 2 is 1.83 bits per heavy atom. The molecule has 6 heteroatoms. The van der Waals surface area contributed by atoms with Crippen LogP contribution < -0.4 is 10.6 Å². The van der Waals surface area contributed by atoms with E-state index in [1.54, 1.807) is 6.20 Å². The standard InChI is InChI=1S/C17H19FN4O/c18-12-4-9-15(20-11-12)17(23)22-14-7-5-13(6-8-14)21-16-3-1-2-10-19-16/h1-4,9-11,13-14H,5-8H2,(H,19,21)(H,22,23). The van der Waals surface area contributed by atoms with Crippen molar-refractivity contribution in [3.05, 3.63) is 54.2 Å². The van der Waals surface area contributed by atoms with Gasteiger partial charge in [0.05, 0.1) is 6.20 Å². The lowest BCUT2D eigenvalue weighted by molar-refractivity contribution is 0.0921. The Balaban J connectivity index is 1.47. The van der Waals surface area contributed by atoms with Crippen molar-refractivity contribution in [1.82, 2.24) is 15.3 Å². The van der Waals surface area contributed by atoms with Crippen molar-refractivity contribution in [2.24, 2.45) is 0 Å². The Morgan fingerprint density at radius 3 is 2.48 bits per heavy atom. The molecule has 0 bridgehead atoms. The van der Waals surface area contributed by atoms with Gasteiger partial charge in [0.15, 0.2) is 0 Å². The van der Waals surface area contributed by atoms with E-state index in [2.05, 4.69) is 20.6 Å². The van der Waals surface area contributed by atoms with Gasteiger partial charge in [0.25, 0.3) is 5.91 Å². The quantitative estimate of drug-likeness (QED) is 0.910. The van der Waals surface area contributed by atoms with Gasteiger partial charge in [0.1, 0.15) is 17.3 Å². The third-order valence-electron chi connectivity index (χ3n) is 4.04. The van der Waals surface area contributed by atoms with Crippen LogP contribution in [0.1, 0.15) is 36.2 Å². The summed E-state index contributed by atoms with van der Waals surface area (Å²) < 4.78 is 12.8. The van der Waals surface area contributed by atoms with Crippen LogP contribution in [0.25, 0.3) is 0 Å². The van der Waals surface area contributed by atoms with E-state index in [0.717, 1.165) is 37.7 Å². The number of aromatic nitrogens is 2. The minimum Gasteiger partial charge on any atom is -0.367 e. The van der Waals surface area contributed by atoms with Gasteiger partial charge in [-0.15, -0.1) is 0 Å². The second-order valence-electron chi connectivity index (χ2n) is 5.74. The number of pyridine rings is 2. The van der Waals surface area contributed by atoms with Crippen LogP contribution in [-0.2, 0) is 0 Å². The zero-order valence-corrected chi connectivity index (χ0v) is 12.7. The fourth-order valence-corrected chi connectivity index (χ4v) is 2.81. The Bertz CT molecular complexity index is 639. The molecule has 0 aromatic carbocycles. The highest BCUT2D eigenvalue weighted by atomic mass is 19.1. The van der Waals surface area contributed by atoms with Gasteiger partial charge in [-0.3, -0.25) is 4.79 Å². The summed E-state index contributed by atoms with van der Waals surface area (Å²) in [6, 6.07) is 8.96. The molecule has 2 aromatic heterocycles. The molecule has 0 unspecified atom stereocenters. The minimum atomic E-state index is -0.442. The highest BCUT2D eigenvalue weighted by Crippen LogP contribution is 2.21. The number of nitrogens with zero attached hydrogens (tertiary/aromatic N) is 2. The van der Waals surface area contributed by atoms with Crippen molar-refractivity contribution in [3.8, 4) is 0 Å². The lowest BCUT2D eigenvalue weighted by atomic mass is 9.91. The Morgan fingerprint density at radius 1 is 1.04 bits per heavy atom. The summed E-state index contributed by atoms with van der Waals surface area (Å²) in [6.07, 6.45) is 6.57. The molecule has 0 atom stereocenters. The number of anilines is 1. The van der Waals surface area contributed by atoms with Crippen LogP contribution >= 0.6 is 0 Å². The molecule has 1 aliphatic carbocycles. The van der Waals surface area contributed by atoms with Crippen molar-refractivity contribution in [1.29, 1.82) is 0 Å². The van der Waals surface area contributed by atoms with Gasteiger partial charge < -0.3 is 10.6 Å². The second kappa shape index (κ2) is 7.17. The molecule has 2 aromatic rings. The molecule has 1 fully saturated rings. The number of carbonyl (C=O) groups excluding carboxylic acids is 1. The first kappa shape index (κ1) is 15.4. The average Bonchev–Trinajstić information content (AvgIpc) is 2.58. The predicted molar refractivity (Wildman–Crippen MR) is 85.6 cm³/mol. The topological polar surface area (TPSA) is 66.9 Å². The molecule has 1 saturated carbocycles. The monoisotopic (exact) mass is 314 g/mol. The molecule has 23 heavy (non-hydrogen) atoms. The van der Waals surface area contributed by atoms with Crippen molar-refractivity contribution < 1.29 is 9.18 Å². The highest BCUT2D eigenvalue weighted by molar-refractivity contribution is 5.92. The van der Waals surface area contributed by atoms with Crippen LogP contribution in [0, 0.1) is 5.82 Å². The lowest BCUT2D eigenvalue weighted by Crippen LogP contribution is -2.40. The minimum absolute atomic E-state index is 0.135. The summed E-state index contributed by atoms with van der Waals surface area (Å²) in [7, 11) is 0. The number of rotatable bonds is 4. The smallest absolute Gasteiger partial charge is 0.270 e. The summed E-state index contributed by atoms with van der Waals surface area (Å²) in [5.74, 6) is 0.198. The zero-order chi connectivity index (χ0) is 16.1. The first-order chi connectivity index (χ1) is 11.2. The molecule has 2 heterocycles. The molecule has 120 valence electrons. The van der Waals surface area contributed by atoms with Crippen LogP contribution in [0.3, 0.4) is 0 Å². The predicted octanol–water partition coefficient (Wildman–Crippen LogP) is 2.77. The molecule has 1 aliphatic rings. The van der Waals surface area contributed by atoms with Crippen LogP contribution in [0.2, 0.25) is 0 Å². The number of halogens is 1.